The Balaban J connectivity index is 0.000000640. The molecule has 3 heteroatoms. The van der Waals surface area contributed by atoms with Gasteiger partial charge in [0.05, 0.1) is 5.38 Å². The monoisotopic (exact) mass is 255 g/mol. The van der Waals surface area contributed by atoms with Gasteiger partial charge in [0.15, 0.2) is 5.69 Å². The largest absolute Gasteiger partial charge is 1.00 e. The number of aryl methyl sites for hydroxylation is 2. The van der Waals surface area contributed by atoms with Gasteiger partial charge in [0, 0.05) is 13.8 Å². The molecule has 0 aliphatic rings. The maximum absolute atomic E-state index is 2.19. The van der Waals surface area contributed by atoms with Crippen LogP contribution in [0, 0.1) is 13.8 Å². The van der Waals surface area contributed by atoms with Gasteiger partial charge in [-0.3, -0.25) is 0 Å². The zero-order valence-corrected chi connectivity index (χ0v) is 8.78. The van der Waals surface area contributed by atoms with E-state index in [-0.39, 0.29) is 24.0 Å². The fourth-order valence-corrected chi connectivity index (χ4v) is 1.38. The van der Waals surface area contributed by atoms with Crippen LogP contribution in [-0.4, -0.2) is 0 Å². The SMILES string of the molecule is Cc1csc(C)[n+]1C.[I-]. The molecule has 52 valence electrons. The summed E-state index contributed by atoms with van der Waals surface area (Å²) in [6, 6.07) is 0. The Hall–Kier alpha value is 0.360. The number of thiazole rings is 1. The predicted molar refractivity (Wildman–Crippen MR) is 35.0 cm³/mol. The Kier molecular flexibility index (Phi) is 3.65. The molecule has 9 heavy (non-hydrogen) atoms. The van der Waals surface area contributed by atoms with Gasteiger partial charge < -0.3 is 24.0 Å². The van der Waals surface area contributed by atoms with Gasteiger partial charge in [-0.05, 0) is 0 Å². The normalized spacial score (nSPS) is 8.78. The molecule has 1 aromatic rings. The van der Waals surface area contributed by atoms with E-state index in [4.69, 9.17) is 0 Å². The molecule has 0 unspecified atom stereocenters. The van der Waals surface area contributed by atoms with Crippen LogP contribution in [0.4, 0.5) is 0 Å². The third-order valence-electron chi connectivity index (χ3n) is 1.40. The third kappa shape index (κ3) is 1.89. The molecule has 0 saturated carbocycles. The standard InChI is InChI=1S/C6H10NS.HI/c1-5-4-8-6(2)7(5)3;/h4H,1-3H3;1H/q+1;/p-1. The van der Waals surface area contributed by atoms with Crippen molar-refractivity contribution in [1.82, 2.24) is 0 Å². The summed E-state index contributed by atoms with van der Waals surface area (Å²) in [7, 11) is 2.08. The number of hydrogen-bond donors (Lipinski definition) is 0. The summed E-state index contributed by atoms with van der Waals surface area (Å²) < 4.78 is 2.19. The second-order valence-electron chi connectivity index (χ2n) is 1.96. The zero-order valence-electron chi connectivity index (χ0n) is 5.81. The number of rotatable bonds is 0. The lowest BCUT2D eigenvalue weighted by atomic mass is 10.5. The van der Waals surface area contributed by atoms with E-state index in [2.05, 4.69) is 30.8 Å². The Morgan fingerprint density at radius 1 is 1.44 bits per heavy atom. The first-order valence-electron chi connectivity index (χ1n) is 2.62. The minimum Gasteiger partial charge on any atom is -1.00 e. The molecule has 0 aliphatic heterocycles. The van der Waals surface area contributed by atoms with E-state index in [9.17, 15) is 0 Å². The van der Waals surface area contributed by atoms with E-state index in [1.807, 2.05) is 0 Å². The van der Waals surface area contributed by atoms with Gasteiger partial charge in [0.2, 0.25) is 5.01 Å². The summed E-state index contributed by atoms with van der Waals surface area (Å²) in [6.07, 6.45) is 0. The van der Waals surface area contributed by atoms with E-state index >= 15 is 0 Å². The van der Waals surface area contributed by atoms with Crippen molar-refractivity contribution >= 4 is 11.3 Å². The van der Waals surface area contributed by atoms with Gasteiger partial charge in [-0.25, -0.2) is 0 Å². The molecule has 0 aromatic carbocycles. The van der Waals surface area contributed by atoms with Crippen LogP contribution in [0.25, 0.3) is 0 Å². The van der Waals surface area contributed by atoms with Gasteiger partial charge in [-0.1, -0.05) is 11.3 Å². The van der Waals surface area contributed by atoms with Gasteiger partial charge >= 0.3 is 0 Å². The van der Waals surface area contributed by atoms with Gasteiger partial charge in [0.1, 0.15) is 7.05 Å². The van der Waals surface area contributed by atoms with Crippen LogP contribution < -0.4 is 28.5 Å². The highest BCUT2D eigenvalue weighted by atomic mass is 127. The lowest BCUT2D eigenvalue weighted by Gasteiger charge is -1.80. The molecule has 0 amide bonds. The first-order valence-corrected chi connectivity index (χ1v) is 3.50. The van der Waals surface area contributed by atoms with Crippen LogP contribution in [0.1, 0.15) is 10.7 Å². The van der Waals surface area contributed by atoms with E-state index in [0.29, 0.717) is 0 Å². The van der Waals surface area contributed by atoms with Crippen LogP contribution in [0.2, 0.25) is 0 Å². The lowest BCUT2D eigenvalue weighted by molar-refractivity contribution is -0.678. The third-order valence-corrected chi connectivity index (χ3v) is 2.48. The summed E-state index contributed by atoms with van der Waals surface area (Å²) in [4.78, 5) is 0. The van der Waals surface area contributed by atoms with Crippen LogP contribution in [0.5, 0.6) is 0 Å². The Morgan fingerprint density at radius 2 is 2.00 bits per heavy atom. The van der Waals surface area contributed by atoms with Crippen LogP contribution >= 0.6 is 11.3 Å². The average molecular weight is 255 g/mol. The molecule has 0 radical (unpaired) electrons. The van der Waals surface area contributed by atoms with E-state index in [1.54, 1.807) is 11.3 Å². The van der Waals surface area contributed by atoms with Crippen LogP contribution in [0.15, 0.2) is 5.38 Å². The smallest absolute Gasteiger partial charge is 0.234 e. The summed E-state index contributed by atoms with van der Waals surface area (Å²) in [5, 5.41) is 3.53. The number of aromatic nitrogens is 1. The average Bonchev–Trinajstić information content (AvgIpc) is 1.98. The molecular formula is C6H10INS. The first kappa shape index (κ1) is 9.36. The number of hydrogen-bond acceptors (Lipinski definition) is 1. The van der Waals surface area contributed by atoms with Crippen LogP contribution in [-0.2, 0) is 7.05 Å². The lowest BCUT2D eigenvalue weighted by Crippen LogP contribution is -3.00. The molecule has 0 fully saturated rings. The first-order chi connectivity index (χ1) is 3.72. The molecule has 0 saturated heterocycles. The maximum atomic E-state index is 2.19. The molecule has 0 spiro atoms. The molecule has 1 nitrogen and oxygen atoms in total. The summed E-state index contributed by atoms with van der Waals surface area (Å²) in [5.41, 5.74) is 1.34. The van der Waals surface area contributed by atoms with E-state index in [0.717, 1.165) is 0 Å². The molecule has 0 atom stereocenters. The van der Waals surface area contributed by atoms with Gasteiger partial charge in [0.25, 0.3) is 0 Å². The van der Waals surface area contributed by atoms with Crippen molar-refractivity contribution in [2.45, 2.75) is 13.8 Å². The Bertz CT molecular complexity index is 175. The minimum atomic E-state index is 0. The summed E-state index contributed by atoms with van der Waals surface area (Å²) >= 11 is 1.79. The molecule has 0 N–H and O–H groups in total. The number of nitrogens with zero attached hydrogens (tertiary/aromatic N) is 1. The van der Waals surface area contributed by atoms with E-state index in [1.165, 1.54) is 10.7 Å². The van der Waals surface area contributed by atoms with E-state index < -0.39 is 0 Å². The Morgan fingerprint density at radius 3 is 2.11 bits per heavy atom. The highest BCUT2D eigenvalue weighted by Crippen LogP contribution is 2.02. The fraction of sp³-hybridized carbons (Fsp3) is 0.500. The zero-order chi connectivity index (χ0) is 6.15. The second-order valence-corrected chi connectivity index (χ2v) is 3.02. The van der Waals surface area contributed by atoms with Crippen molar-refractivity contribution in [1.29, 1.82) is 0 Å². The van der Waals surface area contributed by atoms with Crippen molar-refractivity contribution in [2.24, 2.45) is 7.05 Å². The topological polar surface area (TPSA) is 3.88 Å². The molecule has 1 rings (SSSR count). The summed E-state index contributed by atoms with van der Waals surface area (Å²) in [6.45, 7) is 4.24. The molecule has 0 aliphatic carbocycles. The quantitative estimate of drug-likeness (QED) is 0.380. The Labute approximate surface area is 76.7 Å². The van der Waals surface area contributed by atoms with Crippen molar-refractivity contribution in [3.63, 3.8) is 0 Å². The molecule has 1 aromatic heterocycles. The van der Waals surface area contributed by atoms with Crippen molar-refractivity contribution < 1.29 is 28.5 Å². The maximum Gasteiger partial charge on any atom is 0.234 e. The van der Waals surface area contributed by atoms with Crippen molar-refractivity contribution in [3.05, 3.63) is 16.1 Å². The fourth-order valence-electron chi connectivity index (χ4n) is 0.577. The van der Waals surface area contributed by atoms with Gasteiger partial charge in [-0.2, -0.15) is 4.57 Å². The number of halogens is 1. The minimum absolute atomic E-state index is 0. The van der Waals surface area contributed by atoms with Gasteiger partial charge in [-0.15, -0.1) is 0 Å². The molecule has 0 bridgehead atoms. The molecular weight excluding hydrogens is 245 g/mol. The van der Waals surface area contributed by atoms with Crippen LogP contribution in [0.3, 0.4) is 0 Å². The van der Waals surface area contributed by atoms with Crippen molar-refractivity contribution in [2.75, 3.05) is 0 Å². The molecule has 1 heterocycles. The second kappa shape index (κ2) is 3.51. The highest BCUT2D eigenvalue weighted by molar-refractivity contribution is 7.09. The summed E-state index contributed by atoms with van der Waals surface area (Å²) in [5.74, 6) is 0. The van der Waals surface area contributed by atoms with Crippen molar-refractivity contribution in [3.8, 4) is 0 Å². The predicted octanol–water partition coefficient (Wildman–Crippen LogP) is -1.81. The highest BCUT2D eigenvalue weighted by Gasteiger charge is 2.04.